The number of aryl methyl sites for hydroxylation is 2. The Labute approximate surface area is 263 Å². The van der Waals surface area contributed by atoms with Crippen molar-refractivity contribution in [3.63, 3.8) is 0 Å². The number of carbonyl (C=O) groups is 2. The largest absolute Gasteiger partial charge is 0.443 e. The number of fused-ring (bicyclic) bond motifs is 1. The number of pyridine rings is 2. The maximum absolute atomic E-state index is 13.0. The van der Waals surface area contributed by atoms with Crippen molar-refractivity contribution in [2.24, 2.45) is 0 Å². The molecule has 0 saturated heterocycles. The maximum Gasteiger partial charge on any atom is 0.425 e. The molecule has 0 radical (unpaired) electrons. The number of imide groups is 1. The highest BCUT2D eigenvalue weighted by molar-refractivity contribution is 8.02. The molecule has 4 rings (SSSR count). The third kappa shape index (κ3) is 9.06. The molecule has 236 valence electrons. The first kappa shape index (κ1) is 33.0. The smallest absolute Gasteiger partial charge is 0.425 e. The van der Waals surface area contributed by atoms with Crippen LogP contribution < -0.4 is 14.9 Å². The molecule has 3 aromatic rings. The fourth-order valence-electron chi connectivity index (χ4n) is 4.45. The summed E-state index contributed by atoms with van der Waals surface area (Å²) in [5.41, 5.74) is 3.94. The predicted molar refractivity (Wildman–Crippen MR) is 174 cm³/mol. The number of allylic oxidation sites excluding steroid dienone is 1. The average Bonchev–Trinajstić information content (AvgIpc) is 3.66. The highest BCUT2D eigenvalue weighted by Gasteiger charge is 2.34. The molecule has 3 N–H and O–H groups in total. The first-order valence-corrected chi connectivity index (χ1v) is 15.5. The summed E-state index contributed by atoms with van der Waals surface area (Å²) in [6.45, 7) is 15.0. The molecule has 1 fully saturated rings. The van der Waals surface area contributed by atoms with E-state index >= 15 is 0 Å². The van der Waals surface area contributed by atoms with Gasteiger partial charge in [0.2, 0.25) is 0 Å². The average molecular weight is 622 g/mol. The summed E-state index contributed by atoms with van der Waals surface area (Å²) in [5.74, 6) is 0.816. The van der Waals surface area contributed by atoms with Crippen LogP contribution in [0.4, 0.5) is 15.4 Å². The number of anilines is 1. The molecule has 1 aliphatic carbocycles. The first-order chi connectivity index (χ1) is 20.6. The summed E-state index contributed by atoms with van der Waals surface area (Å²) < 4.78 is 16.3. The van der Waals surface area contributed by atoms with Crippen molar-refractivity contribution in [3.8, 4) is 0 Å². The van der Waals surface area contributed by atoms with Crippen LogP contribution in [0.1, 0.15) is 88.4 Å². The van der Waals surface area contributed by atoms with Gasteiger partial charge in [-0.15, -0.1) is 0 Å². The monoisotopic (exact) mass is 621 g/mol. The molecule has 1 aliphatic rings. The van der Waals surface area contributed by atoms with Crippen molar-refractivity contribution in [2.75, 3.05) is 4.90 Å². The van der Waals surface area contributed by atoms with Gasteiger partial charge in [0.15, 0.2) is 0 Å². The fourth-order valence-corrected chi connectivity index (χ4v) is 5.03. The Morgan fingerprint density at radius 2 is 1.70 bits per heavy atom. The molecular formula is C32H43N7O4S. The topological polar surface area (TPSA) is 134 Å². The van der Waals surface area contributed by atoms with Gasteiger partial charge >= 0.3 is 12.2 Å². The quantitative estimate of drug-likeness (QED) is 0.163. The van der Waals surface area contributed by atoms with Crippen LogP contribution in [0.25, 0.3) is 5.65 Å². The van der Waals surface area contributed by atoms with Crippen LogP contribution in [0.15, 0.2) is 41.7 Å². The Balaban J connectivity index is 1.38. The molecule has 0 bridgehead atoms. The molecule has 12 heteroatoms. The van der Waals surface area contributed by atoms with Gasteiger partial charge in [0.1, 0.15) is 22.7 Å². The molecule has 0 atom stereocenters. The second kappa shape index (κ2) is 13.4. The minimum absolute atomic E-state index is 0.125. The van der Waals surface area contributed by atoms with Gasteiger partial charge in [-0.25, -0.2) is 19.6 Å². The Morgan fingerprint density at radius 3 is 2.27 bits per heavy atom. The van der Waals surface area contributed by atoms with E-state index in [-0.39, 0.29) is 5.82 Å². The second-order valence-corrected chi connectivity index (χ2v) is 13.9. The lowest BCUT2D eigenvalue weighted by Gasteiger charge is -2.28. The molecule has 0 aliphatic heterocycles. The Bertz CT molecular complexity index is 1510. The van der Waals surface area contributed by atoms with Crippen LogP contribution >= 0.6 is 11.9 Å². The van der Waals surface area contributed by atoms with E-state index in [1.165, 1.54) is 36.6 Å². The third-order valence-electron chi connectivity index (χ3n) is 6.60. The first-order valence-electron chi connectivity index (χ1n) is 14.7. The molecule has 2 amide bonds. The molecule has 11 nitrogen and oxygen atoms in total. The maximum atomic E-state index is 13.0. The molecule has 3 heterocycles. The Hall–Kier alpha value is -3.90. The van der Waals surface area contributed by atoms with Crippen LogP contribution in [0.2, 0.25) is 0 Å². The van der Waals surface area contributed by atoms with Crippen molar-refractivity contribution in [1.82, 2.24) is 24.4 Å². The summed E-state index contributed by atoms with van der Waals surface area (Å²) in [7, 11) is 0. The number of hydrogen-bond donors (Lipinski definition) is 3. The lowest BCUT2D eigenvalue weighted by molar-refractivity contribution is 0.0429. The van der Waals surface area contributed by atoms with Gasteiger partial charge < -0.3 is 24.6 Å². The highest BCUT2D eigenvalue weighted by atomic mass is 32.2. The Kier molecular flexibility index (Phi) is 10.0. The van der Waals surface area contributed by atoms with Crippen LogP contribution in [0.5, 0.6) is 0 Å². The lowest BCUT2D eigenvalue weighted by Crippen LogP contribution is -2.44. The van der Waals surface area contributed by atoms with Crippen LogP contribution in [0.3, 0.4) is 0 Å². The number of amides is 2. The van der Waals surface area contributed by atoms with Crippen LogP contribution in [-0.4, -0.2) is 44.0 Å². The fraction of sp³-hybridized carbons (Fsp3) is 0.469. The highest BCUT2D eigenvalue weighted by Crippen LogP contribution is 2.39. The van der Waals surface area contributed by atoms with E-state index in [0.717, 1.165) is 27.4 Å². The summed E-state index contributed by atoms with van der Waals surface area (Å²) in [6, 6.07) is 5.89. The molecular weight excluding hydrogens is 578 g/mol. The molecule has 44 heavy (non-hydrogen) atoms. The van der Waals surface area contributed by atoms with E-state index in [4.69, 9.17) is 14.9 Å². The number of carbonyl (C=O) groups excluding carboxylic acids is 2. The van der Waals surface area contributed by atoms with Gasteiger partial charge in [-0.3, -0.25) is 4.72 Å². The van der Waals surface area contributed by atoms with Crippen molar-refractivity contribution >= 4 is 41.8 Å². The molecule has 0 unspecified atom stereocenters. The van der Waals surface area contributed by atoms with E-state index in [9.17, 15) is 9.59 Å². The molecule has 0 spiro atoms. The van der Waals surface area contributed by atoms with Crippen molar-refractivity contribution < 1.29 is 19.1 Å². The second-order valence-electron chi connectivity index (χ2n) is 12.9. The standard InChI is InChI=1S/C32H43N7O4S/c1-20-13-28(39(29(40)42-31(3,4)5)30(41)43-32(6,7)8)36-21(2)26(20)17-35-44-25(14-33)16-34-15-24-19-38-18-23(22-9-10-22)11-12-27(38)37-24/h11-14,16,18-19,22,33-35H,9-10,15,17H2,1-8H3/b25-16+,33-14?. The zero-order valence-electron chi connectivity index (χ0n) is 26.8. The van der Waals surface area contributed by atoms with Gasteiger partial charge in [-0.1, -0.05) is 6.07 Å². The summed E-state index contributed by atoms with van der Waals surface area (Å²) in [5, 5.41) is 11.1. The van der Waals surface area contributed by atoms with E-state index in [1.54, 1.807) is 53.8 Å². The zero-order valence-corrected chi connectivity index (χ0v) is 27.6. The minimum atomic E-state index is -0.862. The van der Waals surface area contributed by atoms with Gasteiger partial charge in [0.25, 0.3) is 0 Å². The number of nitrogens with zero attached hydrogens (tertiary/aromatic N) is 4. The van der Waals surface area contributed by atoms with Crippen LogP contribution in [0, 0.1) is 19.3 Å². The number of hydrogen-bond acceptors (Lipinski definition) is 10. The predicted octanol–water partition coefficient (Wildman–Crippen LogP) is 6.92. The van der Waals surface area contributed by atoms with E-state index in [1.807, 2.05) is 20.0 Å². The number of rotatable bonds is 10. The van der Waals surface area contributed by atoms with Gasteiger partial charge in [0.05, 0.1) is 17.1 Å². The third-order valence-corrected chi connectivity index (χ3v) is 7.36. The Morgan fingerprint density at radius 1 is 1.05 bits per heavy atom. The molecule has 3 aromatic heterocycles. The van der Waals surface area contributed by atoms with Gasteiger partial charge in [-0.05, 0) is 115 Å². The molecule has 1 saturated carbocycles. The van der Waals surface area contributed by atoms with Crippen molar-refractivity contribution in [2.45, 2.75) is 98.4 Å². The summed E-state index contributed by atoms with van der Waals surface area (Å²) >= 11 is 1.31. The number of imidazole rings is 1. The van der Waals surface area contributed by atoms with Gasteiger partial charge in [0, 0.05) is 37.0 Å². The van der Waals surface area contributed by atoms with E-state index in [2.05, 4.69) is 42.7 Å². The van der Waals surface area contributed by atoms with E-state index < -0.39 is 23.4 Å². The summed E-state index contributed by atoms with van der Waals surface area (Å²) in [6.07, 6.45) is 8.06. The normalized spacial score (nSPS) is 14.0. The summed E-state index contributed by atoms with van der Waals surface area (Å²) in [4.78, 5) is 36.9. The van der Waals surface area contributed by atoms with Crippen LogP contribution in [-0.2, 0) is 22.6 Å². The molecule has 0 aromatic carbocycles. The lowest BCUT2D eigenvalue weighted by atomic mass is 10.1. The minimum Gasteiger partial charge on any atom is -0.443 e. The zero-order chi connectivity index (χ0) is 32.2. The number of ether oxygens (including phenoxy) is 2. The van der Waals surface area contributed by atoms with E-state index in [0.29, 0.717) is 29.6 Å². The SMILES string of the molecule is Cc1cc(N(C(=O)OC(C)(C)C)C(=O)OC(C)(C)C)nc(C)c1CNS/C(C=N)=C/NCc1cn2cc(C3CC3)ccc2n1. The van der Waals surface area contributed by atoms with Gasteiger partial charge in [-0.2, -0.15) is 4.90 Å². The number of aromatic nitrogens is 3. The van der Waals surface area contributed by atoms with Crippen molar-refractivity contribution in [3.05, 3.63) is 69.8 Å². The number of nitrogens with one attached hydrogen (secondary N) is 3. The van der Waals surface area contributed by atoms with Crippen molar-refractivity contribution in [1.29, 1.82) is 5.41 Å².